The molecule has 7 N–H and O–H groups in total. The number of carbonyl (C=O) groups is 4. The molecule has 0 aromatic carbocycles. The van der Waals surface area contributed by atoms with E-state index in [0.29, 0.717) is 13.1 Å². The second-order valence-electron chi connectivity index (χ2n) is 4.68. The minimum absolute atomic E-state index is 0.129. The summed E-state index contributed by atoms with van der Waals surface area (Å²) in [6, 6.07) is -3.32. The number of aliphatic carboxylic acids is 4. The fourth-order valence-corrected chi connectivity index (χ4v) is 1.99. The molecule has 11 nitrogen and oxygen atoms in total. The van der Waals surface area contributed by atoms with Crippen LogP contribution < -0.4 is 11.1 Å². The van der Waals surface area contributed by atoms with E-state index in [0.717, 1.165) is 4.90 Å². The number of carboxylic acids is 4. The van der Waals surface area contributed by atoms with Gasteiger partial charge in [-0.05, 0) is 0 Å². The van der Waals surface area contributed by atoms with E-state index in [4.69, 9.17) is 15.9 Å². The van der Waals surface area contributed by atoms with Gasteiger partial charge in [-0.1, -0.05) is 0 Å². The Morgan fingerprint density at radius 1 is 0.870 bits per heavy atom. The minimum atomic E-state index is -1.66. The van der Waals surface area contributed by atoms with Gasteiger partial charge in [-0.3, -0.25) is 24.1 Å². The van der Waals surface area contributed by atoms with E-state index in [-0.39, 0.29) is 13.1 Å². The van der Waals surface area contributed by atoms with E-state index >= 15 is 0 Å². The SMILES string of the molecule is NCCNCCN(C(CC(=O)O)C(=O)O)C(CC(=O)O)C(=O)O. The summed E-state index contributed by atoms with van der Waals surface area (Å²) in [6.07, 6.45) is -1.70. The second-order valence-corrected chi connectivity index (χ2v) is 4.68. The Labute approximate surface area is 131 Å². The summed E-state index contributed by atoms with van der Waals surface area (Å²) in [6.45, 7) is 0.661. The van der Waals surface area contributed by atoms with Crippen LogP contribution in [0, 0.1) is 0 Å². The van der Waals surface area contributed by atoms with Gasteiger partial charge in [0.25, 0.3) is 0 Å². The van der Waals surface area contributed by atoms with Crippen molar-refractivity contribution >= 4 is 23.9 Å². The van der Waals surface area contributed by atoms with E-state index in [1.807, 2.05) is 0 Å². The molecule has 0 aliphatic carbocycles. The van der Waals surface area contributed by atoms with E-state index in [2.05, 4.69) is 5.32 Å². The van der Waals surface area contributed by atoms with Crippen molar-refractivity contribution in [3.63, 3.8) is 0 Å². The standard InChI is InChI=1S/C12H21N3O8/c13-1-2-14-3-4-15(7(11(20)21)5-9(16)17)8(12(22)23)6-10(18)19/h7-8,14H,1-6,13H2,(H,16,17)(H,18,19)(H,20,21)(H,22,23). The van der Waals surface area contributed by atoms with Crippen molar-refractivity contribution in [1.29, 1.82) is 0 Å². The Balaban J connectivity index is 5.35. The van der Waals surface area contributed by atoms with Crippen molar-refractivity contribution in [2.24, 2.45) is 5.73 Å². The zero-order valence-corrected chi connectivity index (χ0v) is 12.3. The van der Waals surface area contributed by atoms with Gasteiger partial charge in [-0.25, -0.2) is 0 Å². The molecule has 0 aliphatic rings. The molecule has 2 atom stereocenters. The maximum absolute atomic E-state index is 11.3. The van der Waals surface area contributed by atoms with Crippen molar-refractivity contribution in [1.82, 2.24) is 10.2 Å². The summed E-state index contributed by atoms with van der Waals surface area (Å²) in [5.41, 5.74) is 5.27. The first-order chi connectivity index (χ1) is 10.7. The Morgan fingerprint density at radius 3 is 1.61 bits per heavy atom. The molecule has 0 bridgehead atoms. The lowest BCUT2D eigenvalue weighted by atomic mass is 10.1. The van der Waals surface area contributed by atoms with Crippen LogP contribution in [0.25, 0.3) is 0 Å². The quantitative estimate of drug-likeness (QED) is 0.198. The molecule has 0 aromatic heterocycles. The largest absolute Gasteiger partial charge is 0.481 e. The highest BCUT2D eigenvalue weighted by atomic mass is 16.4. The molecular weight excluding hydrogens is 314 g/mol. The van der Waals surface area contributed by atoms with Crippen LogP contribution in [0.4, 0.5) is 0 Å². The topological polar surface area (TPSA) is 190 Å². The molecular formula is C12H21N3O8. The highest BCUT2D eigenvalue weighted by Crippen LogP contribution is 2.14. The zero-order valence-electron chi connectivity index (χ0n) is 12.3. The molecule has 0 heterocycles. The molecule has 0 spiro atoms. The van der Waals surface area contributed by atoms with Crippen LogP contribution in [0.5, 0.6) is 0 Å². The third-order valence-corrected chi connectivity index (χ3v) is 2.97. The van der Waals surface area contributed by atoms with Crippen molar-refractivity contribution in [2.45, 2.75) is 24.9 Å². The van der Waals surface area contributed by atoms with E-state index in [1.165, 1.54) is 0 Å². The number of rotatable bonds is 13. The second kappa shape index (κ2) is 10.5. The predicted molar refractivity (Wildman–Crippen MR) is 76.0 cm³/mol. The third-order valence-electron chi connectivity index (χ3n) is 2.97. The number of nitrogens with one attached hydrogen (secondary N) is 1. The molecule has 0 saturated heterocycles. The van der Waals surface area contributed by atoms with Gasteiger partial charge < -0.3 is 31.5 Å². The third kappa shape index (κ3) is 8.09. The molecule has 11 heteroatoms. The van der Waals surface area contributed by atoms with Gasteiger partial charge in [-0.15, -0.1) is 0 Å². The first-order valence-electron chi connectivity index (χ1n) is 6.76. The van der Waals surface area contributed by atoms with Gasteiger partial charge in [-0.2, -0.15) is 0 Å². The average molecular weight is 335 g/mol. The number of nitrogens with zero attached hydrogens (tertiary/aromatic N) is 1. The van der Waals surface area contributed by atoms with Crippen LogP contribution >= 0.6 is 0 Å². The number of carboxylic acid groups (broad SMARTS) is 4. The molecule has 0 saturated carbocycles. The molecule has 0 aliphatic heterocycles. The molecule has 0 rings (SSSR count). The van der Waals surface area contributed by atoms with Gasteiger partial charge >= 0.3 is 23.9 Å². The normalized spacial score (nSPS) is 13.5. The highest BCUT2D eigenvalue weighted by Gasteiger charge is 2.37. The number of hydrogen-bond acceptors (Lipinski definition) is 7. The summed E-state index contributed by atoms with van der Waals surface area (Å²) >= 11 is 0. The Hall–Kier alpha value is -2.24. The van der Waals surface area contributed by atoms with Gasteiger partial charge in [0.2, 0.25) is 0 Å². The van der Waals surface area contributed by atoms with Crippen molar-refractivity contribution in [3.8, 4) is 0 Å². The van der Waals surface area contributed by atoms with Crippen molar-refractivity contribution in [3.05, 3.63) is 0 Å². The first-order valence-corrected chi connectivity index (χ1v) is 6.76. The van der Waals surface area contributed by atoms with Crippen LogP contribution in [0.2, 0.25) is 0 Å². The monoisotopic (exact) mass is 335 g/mol. The zero-order chi connectivity index (χ0) is 18.0. The lowest BCUT2D eigenvalue weighted by Gasteiger charge is -2.32. The molecule has 0 amide bonds. The smallest absolute Gasteiger partial charge is 0.321 e. The summed E-state index contributed by atoms with van der Waals surface area (Å²) < 4.78 is 0. The number of hydrogen-bond donors (Lipinski definition) is 6. The Kier molecular flexibility index (Phi) is 9.46. The average Bonchev–Trinajstić information content (AvgIpc) is 2.42. The van der Waals surface area contributed by atoms with Gasteiger partial charge in [0.15, 0.2) is 0 Å². The van der Waals surface area contributed by atoms with Crippen LogP contribution in [-0.2, 0) is 19.2 Å². The van der Waals surface area contributed by atoms with Crippen LogP contribution in [0.3, 0.4) is 0 Å². The maximum atomic E-state index is 11.3. The number of nitrogens with two attached hydrogens (primary N) is 1. The van der Waals surface area contributed by atoms with E-state index < -0.39 is 48.8 Å². The summed E-state index contributed by atoms with van der Waals surface area (Å²) in [7, 11) is 0. The fourth-order valence-electron chi connectivity index (χ4n) is 1.99. The molecule has 2 unspecified atom stereocenters. The molecule has 23 heavy (non-hydrogen) atoms. The van der Waals surface area contributed by atoms with Gasteiger partial charge in [0.05, 0.1) is 12.8 Å². The Morgan fingerprint density at radius 2 is 1.30 bits per heavy atom. The van der Waals surface area contributed by atoms with Gasteiger partial charge in [0.1, 0.15) is 12.1 Å². The highest BCUT2D eigenvalue weighted by molar-refractivity contribution is 5.84. The van der Waals surface area contributed by atoms with Crippen LogP contribution in [0.15, 0.2) is 0 Å². The summed E-state index contributed by atoms with van der Waals surface area (Å²) in [5, 5.41) is 38.8. The summed E-state index contributed by atoms with van der Waals surface area (Å²) in [4.78, 5) is 45.1. The maximum Gasteiger partial charge on any atom is 0.321 e. The van der Waals surface area contributed by atoms with Crippen LogP contribution in [-0.4, -0.2) is 87.5 Å². The van der Waals surface area contributed by atoms with Crippen LogP contribution in [0.1, 0.15) is 12.8 Å². The lowest BCUT2D eigenvalue weighted by molar-refractivity contribution is -0.158. The Bertz CT molecular complexity index is 408. The lowest BCUT2D eigenvalue weighted by Crippen LogP contribution is -2.54. The predicted octanol–water partition coefficient (Wildman–Crippen LogP) is -2.31. The first kappa shape index (κ1) is 20.8. The van der Waals surface area contributed by atoms with E-state index in [9.17, 15) is 29.4 Å². The van der Waals surface area contributed by atoms with Crippen molar-refractivity contribution < 1.29 is 39.6 Å². The molecule has 0 radical (unpaired) electrons. The fraction of sp³-hybridized carbons (Fsp3) is 0.667. The van der Waals surface area contributed by atoms with E-state index in [1.54, 1.807) is 0 Å². The van der Waals surface area contributed by atoms with Crippen molar-refractivity contribution in [2.75, 3.05) is 26.2 Å². The minimum Gasteiger partial charge on any atom is -0.481 e. The van der Waals surface area contributed by atoms with Gasteiger partial charge in [0, 0.05) is 26.2 Å². The molecule has 0 aromatic rings. The summed E-state index contributed by atoms with van der Waals surface area (Å²) in [5.74, 6) is -5.95. The molecule has 132 valence electrons. The molecule has 0 fully saturated rings.